The molecule has 5 rings (SSSR count). The largest absolute Gasteiger partial charge is 0.497 e. The number of anilines is 1. The van der Waals surface area contributed by atoms with Crippen molar-refractivity contribution >= 4 is 17.6 Å². The Hall–Kier alpha value is -4.34. The summed E-state index contributed by atoms with van der Waals surface area (Å²) >= 11 is 0. The van der Waals surface area contributed by atoms with Gasteiger partial charge in [-0.1, -0.05) is 24.3 Å². The molecule has 4 aromatic rings. The van der Waals surface area contributed by atoms with Crippen molar-refractivity contribution in [2.75, 3.05) is 45.3 Å². The zero-order valence-corrected chi connectivity index (χ0v) is 19.7. The summed E-state index contributed by atoms with van der Waals surface area (Å²) in [5, 5.41) is 7.43. The highest BCUT2D eigenvalue weighted by atomic mass is 16.5. The molecule has 0 bridgehead atoms. The Labute approximate surface area is 203 Å². The van der Waals surface area contributed by atoms with E-state index in [0.717, 1.165) is 34.0 Å². The zero-order chi connectivity index (χ0) is 24.2. The molecule has 0 saturated carbocycles. The maximum Gasteiger partial charge on any atom is 0.317 e. The molecular weight excluding hydrogens is 446 g/mol. The second-order valence-corrected chi connectivity index (χ2v) is 8.18. The first-order valence-corrected chi connectivity index (χ1v) is 11.4. The second-order valence-electron chi connectivity index (χ2n) is 8.18. The fourth-order valence-electron chi connectivity index (χ4n) is 4.20. The topological polar surface area (TPSA) is 97.1 Å². The lowest BCUT2D eigenvalue weighted by Gasteiger charge is -2.36. The molecule has 0 spiro atoms. The number of carbonyl (C=O) groups is 1. The Bertz CT molecular complexity index is 1300. The van der Waals surface area contributed by atoms with Crippen LogP contribution in [0.25, 0.3) is 16.9 Å². The lowest BCUT2D eigenvalue weighted by molar-refractivity contribution is 0.193. The van der Waals surface area contributed by atoms with E-state index in [9.17, 15) is 4.79 Å². The maximum absolute atomic E-state index is 12.8. The van der Waals surface area contributed by atoms with Gasteiger partial charge in [-0.05, 0) is 35.4 Å². The molecule has 2 aromatic heterocycles. The minimum absolute atomic E-state index is 0.0727. The van der Waals surface area contributed by atoms with Crippen molar-refractivity contribution in [3.8, 4) is 22.6 Å². The number of rotatable bonds is 6. The monoisotopic (exact) mass is 473 g/mol. The van der Waals surface area contributed by atoms with Gasteiger partial charge in [-0.3, -0.25) is 0 Å². The number of fused-ring (bicyclic) bond motifs is 1. The van der Waals surface area contributed by atoms with Gasteiger partial charge in [-0.25, -0.2) is 9.78 Å². The van der Waals surface area contributed by atoms with E-state index in [4.69, 9.17) is 9.47 Å². The third kappa shape index (κ3) is 4.68. The van der Waals surface area contributed by atoms with Crippen LogP contribution in [0.5, 0.6) is 11.5 Å². The highest BCUT2D eigenvalue weighted by Gasteiger charge is 2.25. The molecule has 2 amide bonds. The zero-order valence-electron chi connectivity index (χ0n) is 19.7. The van der Waals surface area contributed by atoms with Crippen molar-refractivity contribution in [1.82, 2.24) is 29.8 Å². The van der Waals surface area contributed by atoms with Crippen LogP contribution in [0.4, 0.5) is 10.6 Å². The Balaban J connectivity index is 1.29. The van der Waals surface area contributed by atoms with E-state index >= 15 is 0 Å². The minimum atomic E-state index is -0.0727. The summed E-state index contributed by atoms with van der Waals surface area (Å²) in [4.78, 5) is 25.6. The Morgan fingerprint density at radius 1 is 0.914 bits per heavy atom. The van der Waals surface area contributed by atoms with Gasteiger partial charge in [0.25, 0.3) is 5.78 Å². The fraction of sp³-hybridized carbons (Fsp3) is 0.280. The number of benzene rings is 2. The van der Waals surface area contributed by atoms with Gasteiger partial charge in [-0.15, -0.1) is 0 Å². The summed E-state index contributed by atoms with van der Waals surface area (Å²) in [6.07, 6.45) is 3.33. The Morgan fingerprint density at radius 3 is 2.23 bits per heavy atom. The molecule has 0 atom stereocenters. The van der Waals surface area contributed by atoms with Crippen molar-refractivity contribution in [3.63, 3.8) is 0 Å². The van der Waals surface area contributed by atoms with Crippen molar-refractivity contribution in [3.05, 3.63) is 66.6 Å². The minimum Gasteiger partial charge on any atom is -0.497 e. The molecule has 1 N–H and O–H groups in total. The average Bonchev–Trinajstić information content (AvgIpc) is 3.41. The van der Waals surface area contributed by atoms with Gasteiger partial charge in [0.15, 0.2) is 0 Å². The van der Waals surface area contributed by atoms with Crippen molar-refractivity contribution in [2.45, 2.75) is 6.54 Å². The summed E-state index contributed by atoms with van der Waals surface area (Å²) in [6, 6.07) is 15.5. The van der Waals surface area contributed by atoms with Gasteiger partial charge in [0.2, 0.25) is 0 Å². The van der Waals surface area contributed by atoms with Crippen LogP contribution in [-0.2, 0) is 6.54 Å². The number of methoxy groups -OCH3 is 2. The van der Waals surface area contributed by atoms with E-state index in [1.165, 1.54) is 6.33 Å². The lowest BCUT2D eigenvalue weighted by Crippen LogP contribution is -2.52. The number of aromatic nitrogens is 4. The van der Waals surface area contributed by atoms with Gasteiger partial charge in [0.05, 0.1) is 14.2 Å². The number of amides is 2. The van der Waals surface area contributed by atoms with Crippen LogP contribution in [0, 0.1) is 0 Å². The quantitative estimate of drug-likeness (QED) is 0.460. The number of ether oxygens (including phenoxy) is 2. The molecule has 2 aromatic carbocycles. The molecule has 1 fully saturated rings. The predicted octanol–water partition coefficient (Wildman–Crippen LogP) is 2.84. The number of hydrogen-bond acceptors (Lipinski definition) is 7. The lowest BCUT2D eigenvalue weighted by atomic mass is 10.1. The Kier molecular flexibility index (Phi) is 6.34. The van der Waals surface area contributed by atoms with Crippen molar-refractivity contribution < 1.29 is 14.3 Å². The average molecular weight is 474 g/mol. The molecule has 35 heavy (non-hydrogen) atoms. The van der Waals surface area contributed by atoms with Crippen LogP contribution >= 0.6 is 0 Å². The highest BCUT2D eigenvalue weighted by molar-refractivity contribution is 5.78. The van der Waals surface area contributed by atoms with Crippen LogP contribution < -0.4 is 19.7 Å². The van der Waals surface area contributed by atoms with Crippen LogP contribution in [0.3, 0.4) is 0 Å². The van der Waals surface area contributed by atoms with Gasteiger partial charge in [0.1, 0.15) is 23.6 Å². The van der Waals surface area contributed by atoms with Crippen molar-refractivity contribution in [1.29, 1.82) is 0 Å². The van der Waals surface area contributed by atoms with E-state index in [1.807, 2.05) is 59.6 Å². The normalized spacial score (nSPS) is 13.7. The van der Waals surface area contributed by atoms with E-state index in [-0.39, 0.29) is 6.03 Å². The molecule has 1 aliphatic rings. The molecular formula is C25H27N7O3. The summed E-state index contributed by atoms with van der Waals surface area (Å²) in [5.41, 5.74) is 2.97. The van der Waals surface area contributed by atoms with E-state index in [1.54, 1.807) is 18.7 Å². The molecule has 1 saturated heterocycles. The third-order valence-electron chi connectivity index (χ3n) is 6.15. The second kappa shape index (κ2) is 9.88. The van der Waals surface area contributed by atoms with Gasteiger partial charge < -0.3 is 24.6 Å². The fourth-order valence-corrected chi connectivity index (χ4v) is 4.20. The number of piperazine rings is 1. The molecule has 10 nitrogen and oxygen atoms in total. The number of nitrogens with zero attached hydrogens (tertiary/aromatic N) is 6. The highest BCUT2D eigenvalue weighted by Crippen LogP contribution is 2.32. The number of hydrogen-bond donors (Lipinski definition) is 1. The number of carbonyl (C=O) groups excluding carboxylic acids is 1. The number of urea groups is 1. The standard InChI is InChI=1S/C25H27N7O3/c1-34-20-7-3-18(4-8-20)15-27-25(33)31-13-11-30(12-14-31)23-22(16-26-24-28-17-29-32(23)24)19-5-9-21(35-2)10-6-19/h3-10,16-17H,11-15H2,1-2H3,(H,27,33). The summed E-state index contributed by atoms with van der Waals surface area (Å²) in [5.74, 6) is 3.04. The molecule has 180 valence electrons. The molecule has 0 radical (unpaired) electrons. The first kappa shape index (κ1) is 22.5. The SMILES string of the molecule is COc1ccc(CNC(=O)N2CCN(c3c(-c4ccc(OC)cc4)cnc4ncnn34)CC2)cc1. The van der Waals surface area contributed by atoms with E-state index in [2.05, 4.69) is 25.3 Å². The predicted molar refractivity (Wildman–Crippen MR) is 132 cm³/mol. The molecule has 1 aliphatic heterocycles. The molecule has 3 heterocycles. The van der Waals surface area contributed by atoms with Crippen LogP contribution in [-0.4, -0.2) is 70.9 Å². The maximum atomic E-state index is 12.8. The smallest absolute Gasteiger partial charge is 0.317 e. The number of nitrogens with one attached hydrogen (secondary N) is 1. The molecule has 0 aliphatic carbocycles. The Morgan fingerprint density at radius 2 is 1.57 bits per heavy atom. The van der Waals surface area contributed by atoms with Gasteiger partial charge in [0, 0.05) is 44.5 Å². The third-order valence-corrected chi connectivity index (χ3v) is 6.15. The first-order chi connectivity index (χ1) is 17.2. The van der Waals surface area contributed by atoms with E-state index in [0.29, 0.717) is 38.5 Å². The summed E-state index contributed by atoms with van der Waals surface area (Å²) in [6.45, 7) is 2.98. The summed E-state index contributed by atoms with van der Waals surface area (Å²) in [7, 11) is 3.28. The summed E-state index contributed by atoms with van der Waals surface area (Å²) < 4.78 is 12.2. The van der Waals surface area contributed by atoms with Crippen molar-refractivity contribution in [2.24, 2.45) is 0 Å². The van der Waals surface area contributed by atoms with Crippen LogP contribution in [0.1, 0.15) is 5.56 Å². The van der Waals surface area contributed by atoms with Crippen LogP contribution in [0.2, 0.25) is 0 Å². The first-order valence-electron chi connectivity index (χ1n) is 11.4. The van der Waals surface area contributed by atoms with E-state index < -0.39 is 0 Å². The van der Waals surface area contributed by atoms with Gasteiger partial charge in [-0.2, -0.15) is 14.6 Å². The molecule has 0 unspecified atom stereocenters. The van der Waals surface area contributed by atoms with Crippen LogP contribution in [0.15, 0.2) is 61.1 Å². The molecule has 10 heteroatoms. The van der Waals surface area contributed by atoms with Gasteiger partial charge >= 0.3 is 6.03 Å².